The van der Waals surface area contributed by atoms with Crippen molar-refractivity contribution in [2.75, 3.05) is 13.7 Å². The van der Waals surface area contributed by atoms with Crippen molar-refractivity contribution in [3.8, 4) is 0 Å². The van der Waals surface area contributed by atoms with E-state index in [1.54, 1.807) is 48.5 Å². The van der Waals surface area contributed by atoms with Gasteiger partial charge in [-0.15, -0.1) is 0 Å². The monoisotopic (exact) mass is 299 g/mol. The lowest BCUT2D eigenvalue weighted by molar-refractivity contribution is -0.147. The van der Waals surface area contributed by atoms with E-state index in [9.17, 15) is 9.59 Å². The highest BCUT2D eigenvalue weighted by Gasteiger charge is 2.43. The zero-order chi connectivity index (χ0) is 16.0. The summed E-state index contributed by atoms with van der Waals surface area (Å²) in [6.45, 7) is -0.376. The molecule has 0 bridgehead atoms. The average molecular weight is 299 g/mol. The molecule has 5 heteroatoms. The van der Waals surface area contributed by atoms with Gasteiger partial charge in [0, 0.05) is 0 Å². The van der Waals surface area contributed by atoms with Crippen molar-refractivity contribution in [3.63, 3.8) is 0 Å². The molecule has 0 heterocycles. The summed E-state index contributed by atoms with van der Waals surface area (Å²) < 4.78 is 4.96. The molecule has 0 radical (unpaired) electrons. The molecule has 2 rings (SSSR count). The molecule has 0 unspecified atom stereocenters. The molecule has 0 spiro atoms. The van der Waals surface area contributed by atoms with Gasteiger partial charge in [0.25, 0.3) is 0 Å². The number of benzene rings is 2. The van der Waals surface area contributed by atoms with Crippen molar-refractivity contribution in [2.24, 2.45) is 0 Å². The molecule has 0 aliphatic heterocycles. The molecule has 0 atom stereocenters. The molecule has 0 amide bonds. The van der Waals surface area contributed by atoms with Gasteiger partial charge in [-0.25, -0.2) is 4.79 Å². The molecule has 22 heavy (non-hydrogen) atoms. The van der Waals surface area contributed by atoms with E-state index >= 15 is 0 Å². The average Bonchev–Trinajstić information content (AvgIpc) is 2.57. The van der Waals surface area contributed by atoms with E-state index in [1.165, 1.54) is 7.11 Å². The first-order valence-corrected chi connectivity index (χ1v) is 6.77. The molecule has 0 aliphatic rings. The summed E-state index contributed by atoms with van der Waals surface area (Å²) in [6, 6.07) is 17.9. The van der Waals surface area contributed by atoms with Gasteiger partial charge in [-0.2, -0.15) is 0 Å². The zero-order valence-electron chi connectivity index (χ0n) is 12.2. The standard InChI is InChI=1S/C17H17NO4/c1-22-16(21)17(18-12-15(19)20,13-8-4-2-5-9-13)14-10-6-3-7-11-14/h2-11,18H,12H2,1H3,(H,19,20). The van der Waals surface area contributed by atoms with Crippen LogP contribution in [-0.4, -0.2) is 30.7 Å². The van der Waals surface area contributed by atoms with Crippen LogP contribution in [0.1, 0.15) is 11.1 Å². The lowest BCUT2D eigenvalue weighted by Gasteiger charge is -2.32. The Kier molecular flexibility index (Phi) is 4.91. The number of carboxylic acid groups (broad SMARTS) is 1. The number of hydrogen-bond donors (Lipinski definition) is 2. The molecule has 5 nitrogen and oxygen atoms in total. The Hall–Kier alpha value is -2.66. The summed E-state index contributed by atoms with van der Waals surface area (Å²) in [7, 11) is 1.28. The second-order valence-electron chi connectivity index (χ2n) is 4.72. The van der Waals surface area contributed by atoms with Gasteiger partial charge in [-0.1, -0.05) is 60.7 Å². The number of nitrogens with one attached hydrogen (secondary N) is 1. The smallest absolute Gasteiger partial charge is 0.335 e. The topological polar surface area (TPSA) is 75.6 Å². The molecule has 0 aromatic heterocycles. The number of carboxylic acids is 1. The van der Waals surface area contributed by atoms with Crippen LogP contribution in [0.3, 0.4) is 0 Å². The van der Waals surface area contributed by atoms with Crippen LogP contribution in [-0.2, 0) is 19.9 Å². The molecule has 2 aromatic carbocycles. The second-order valence-corrected chi connectivity index (χ2v) is 4.72. The largest absolute Gasteiger partial charge is 0.480 e. The van der Waals surface area contributed by atoms with E-state index in [4.69, 9.17) is 9.84 Å². The second kappa shape index (κ2) is 6.87. The Morgan fingerprint density at radius 3 is 1.82 bits per heavy atom. The van der Waals surface area contributed by atoms with Crippen molar-refractivity contribution in [1.29, 1.82) is 0 Å². The van der Waals surface area contributed by atoms with E-state index in [-0.39, 0.29) is 6.54 Å². The normalized spacial score (nSPS) is 11.0. The number of carbonyl (C=O) groups excluding carboxylic acids is 1. The van der Waals surface area contributed by atoms with E-state index in [0.717, 1.165) is 0 Å². The fourth-order valence-corrected chi connectivity index (χ4v) is 2.42. The first-order chi connectivity index (χ1) is 10.6. The molecule has 114 valence electrons. The number of ether oxygens (including phenoxy) is 1. The maximum Gasteiger partial charge on any atom is 0.335 e. The number of esters is 1. The Morgan fingerprint density at radius 2 is 1.45 bits per heavy atom. The van der Waals surface area contributed by atoms with Crippen LogP contribution >= 0.6 is 0 Å². The van der Waals surface area contributed by atoms with Gasteiger partial charge >= 0.3 is 11.9 Å². The number of rotatable bonds is 6. The third kappa shape index (κ3) is 2.99. The van der Waals surface area contributed by atoms with Crippen LogP contribution < -0.4 is 5.32 Å². The molecule has 0 saturated carbocycles. The van der Waals surface area contributed by atoms with Crippen molar-refractivity contribution >= 4 is 11.9 Å². The van der Waals surface area contributed by atoms with Gasteiger partial charge in [-0.05, 0) is 11.1 Å². The minimum Gasteiger partial charge on any atom is -0.480 e. The first kappa shape index (κ1) is 15.7. The van der Waals surface area contributed by atoms with Crippen LogP contribution in [0.4, 0.5) is 0 Å². The summed E-state index contributed by atoms with van der Waals surface area (Å²) in [4.78, 5) is 23.6. The summed E-state index contributed by atoms with van der Waals surface area (Å²) in [5, 5.41) is 11.9. The van der Waals surface area contributed by atoms with Crippen LogP contribution in [0, 0.1) is 0 Å². The highest BCUT2D eigenvalue weighted by atomic mass is 16.5. The highest BCUT2D eigenvalue weighted by Crippen LogP contribution is 2.31. The quantitative estimate of drug-likeness (QED) is 0.795. The van der Waals surface area contributed by atoms with Gasteiger partial charge in [0.2, 0.25) is 0 Å². The van der Waals surface area contributed by atoms with Crippen LogP contribution in [0.5, 0.6) is 0 Å². The zero-order valence-corrected chi connectivity index (χ0v) is 12.2. The third-order valence-electron chi connectivity index (χ3n) is 3.41. The Labute approximate surface area is 128 Å². The van der Waals surface area contributed by atoms with Crippen LogP contribution in [0.2, 0.25) is 0 Å². The maximum atomic E-state index is 12.6. The van der Waals surface area contributed by atoms with Crippen molar-refractivity contribution in [1.82, 2.24) is 5.32 Å². The van der Waals surface area contributed by atoms with Crippen molar-refractivity contribution in [3.05, 3.63) is 71.8 Å². The summed E-state index contributed by atoms with van der Waals surface area (Å²) >= 11 is 0. The third-order valence-corrected chi connectivity index (χ3v) is 3.41. The molecule has 0 fully saturated rings. The van der Waals surface area contributed by atoms with Crippen molar-refractivity contribution in [2.45, 2.75) is 5.54 Å². The fourth-order valence-electron chi connectivity index (χ4n) is 2.42. The van der Waals surface area contributed by atoms with E-state index in [0.29, 0.717) is 11.1 Å². The van der Waals surface area contributed by atoms with E-state index in [1.807, 2.05) is 12.1 Å². The van der Waals surface area contributed by atoms with Gasteiger partial charge in [0.1, 0.15) is 0 Å². The lowest BCUT2D eigenvalue weighted by atomic mass is 9.82. The summed E-state index contributed by atoms with van der Waals surface area (Å²) in [6.07, 6.45) is 0. The SMILES string of the molecule is COC(=O)C(NCC(=O)O)(c1ccccc1)c1ccccc1. The maximum absolute atomic E-state index is 12.6. The van der Waals surface area contributed by atoms with E-state index < -0.39 is 17.5 Å². The number of aliphatic carboxylic acids is 1. The van der Waals surface area contributed by atoms with E-state index in [2.05, 4.69) is 5.32 Å². The minimum atomic E-state index is -1.37. The molecule has 0 aliphatic carbocycles. The fraction of sp³-hybridized carbons (Fsp3) is 0.176. The Bertz CT molecular complexity index is 601. The van der Waals surface area contributed by atoms with Crippen LogP contribution in [0.25, 0.3) is 0 Å². The highest BCUT2D eigenvalue weighted by molar-refractivity contribution is 5.87. The number of methoxy groups -OCH3 is 1. The van der Waals surface area contributed by atoms with Crippen molar-refractivity contribution < 1.29 is 19.4 Å². The molecule has 2 aromatic rings. The molecular formula is C17H17NO4. The molecule has 0 saturated heterocycles. The predicted molar refractivity (Wildman–Crippen MR) is 81.3 cm³/mol. The molecule has 2 N–H and O–H groups in total. The lowest BCUT2D eigenvalue weighted by Crippen LogP contribution is -2.52. The van der Waals surface area contributed by atoms with Gasteiger partial charge in [0.05, 0.1) is 13.7 Å². The van der Waals surface area contributed by atoms with Gasteiger partial charge < -0.3 is 9.84 Å². The number of carbonyl (C=O) groups is 2. The first-order valence-electron chi connectivity index (χ1n) is 6.77. The molecular weight excluding hydrogens is 282 g/mol. The summed E-state index contributed by atoms with van der Waals surface area (Å²) in [5.41, 5.74) is -0.126. The van der Waals surface area contributed by atoms with Gasteiger partial charge in [-0.3, -0.25) is 10.1 Å². The van der Waals surface area contributed by atoms with Gasteiger partial charge in [0.15, 0.2) is 5.54 Å². The summed E-state index contributed by atoms with van der Waals surface area (Å²) in [5.74, 6) is -1.62. The minimum absolute atomic E-state index is 0.376. The Morgan fingerprint density at radius 1 is 1.00 bits per heavy atom. The van der Waals surface area contributed by atoms with Crippen LogP contribution in [0.15, 0.2) is 60.7 Å². The number of hydrogen-bond acceptors (Lipinski definition) is 4. The predicted octanol–water partition coefficient (Wildman–Crippen LogP) is 1.78. The Balaban J connectivity index is 2.63.